The van der Waals surface area contributed by atoms with Gasteiger partial charge in [0.15, 0.2) is 0 Å². The van der Waals surface area contributed by atoms with Crippen LogP contribution in [-0.4, -0.2) is 25.2 Å². The molecule has 0 aromatic heterocycles. The third kappa shape index (κ3) is 5.18. The molecule has 0 saturated heterocycles. The minimum Gasteiger partial charge on any atom is -0.468 e. The molecule has 0 bridgehead atoms. The average Bonchev–Trinajstić information content (AvgIpc) is 3.04. The molecule has 4 heteroatoms. The van der Waals surface area contributed by atoms with Crippen LogP contribution in [0.25, 0.3) is 0 Å². The van der Waals surface area contributed by atoms with E-state index in [0.29, 0.717) is 29.6 Å². The van der Waals surface area contributed by atoms with Crippen molar-refractivity contribution in [3.8, 4) is 0 Å². The Labute approximate surface area is 292 Å². The zero-order chi connectivity index (χ0) is 35.0. The van der Waals surface area contributed by atoms with Crippen molar-refractivity contribution in [3.63, 3.8) is 0 Å². The Morgan fingerprint density at radius 3 is 2.19 bits per heavy atom. The summed E-state index contributed by atoms with van der Waals surface area (Å²) in [6.07, 6.45) is 13.4. The average molecular weight is 659 g/mol. The van der Waals surface area contributed by atoms with Crippen molar-refractivity contribution in [3.05, 3.63) is 47.0 Å². The molecule has 5 aliphatic carbocycles. The summed E-state index contributed by atoms with van der Waals surface area (Å²) < 4.78 is 12.0. The van der Waals surface area contributed by atoms with Crippen LogP contribution in [-0.2, 0) is 25.5 Å². The maximum Gasteiger partial charge on any atom is 0.315 e. The topological polar surface area (TPSA) is 52.6 Å². The van der Waals surface area contributed by atoms with Gasteiger partial charge >= 0.3 is 11.9 Å². The Morgan fingerprint density at radius 2 is 1.54 bits per heavy atom. The largest absolute Gasteiger partial charge is 0.468 e. The molecule has 0 N–H and O–H groups in total. The van der Waals surface area contributed by atoms with Gasteiger partial charge in [-0.2, -0.15) is 0 Å². The second-order valence-electron chi connectivity index (χ2n) is 19.1. The van der Waals surface area contributed by atoms with Crippen LogP contribution in [0.3, 0.4) is 0 Å². The van der Waals surface area contributed by atoms with Gasteiger partial charge in [0.25, 0.3) is 0 Å². The van der Waals surface area contributed by atoms with E-state index in [1.807, 2.05) is 6.92 Å². The number of methoxy groups -OCH3 is 1. The molecule has 1 aromatic carbocycles. The number of carbonyl (C=O) groups excluding carboxylic acids is 2. The van der Waals surface area contributed by atoms with Gasteiger partial charge in [-0.15, -0.1) is 0 Å². The van der Waals surface area contributed by atoms with Crippen LogP contribution in [0.15, 0.2) is 35.9 Å². The molecule has 0 spiro atoms. The van der Waals surface area contributed by atoms with Crippen molar-refractivity contribution >= 4 is 11.9 Å². The molecule has 0 heterocycles. The minimum atomic E-state index is -0.886. The molecule has 48 heavy (non-hydrogen) atoms. The number of fused-ring (bicyclic) bond motifs is 7. The standard InChI is InChI=1S/C44H66O4/c1-27(2)26-31-12-14-32(15-13-31)30(5)38(45)48-36-20-22-41(7)34-17-16-33-37-29(4)28(3)18-21-40(37,6)24-25-42(33,8)43(34,9)23-19-35(41)44(36,10)39(46)47-11/h12-16,27-30,34-37H,17-26H2,1-11H3/t28-,29+,30?,34-,35-,36-,37+,40-,41-,42-,43-,44-/m1/s1. The van der Waals surface area contributed by atoms with Crippen molar-refractivity contribution in [1.82, 2.24) is 0 Å². The summed E-state index contributed by atoms with van der Waals surface area (Å²) in [7, 11) is 1.51. The zero-order valence-electron chi connectivity index (χ0n) is 32.2. The summed E-state index contributed by atoms with van der Waals surface area (Å²) >= 11 is 0. The molecule has 1 unspecified atom stereocenters. The lowest BCUT2D eigenvalue weighted by Crippen LogP contribution is -2.66. The molecule has 6 rings (SSSR count). The quantitative estimate of drug-likeness (QED) is 0.225. The maximum atomic E-state index is 14.0. The van der Waals surface area contributed by atoms with E-state index in [-0.39, 0.29) is 34.1 Å². The highest BCUT2D eigenvalue weighted by Crippen LogP contribution is 2.76. The minimum absolute atomic E-state index is 0.0476. The van der Waals surface area contributed by atoms with Gasteiger partial charge in [-0.25, -0.2) is 0 Å². The lowest BCUT2D eigenvalue weighted by molar-refractivity contribution is -0.225. The van der Waals surface area contributed by atoms with Gasteiger partial charge in [-0.1, -0.05) is 91.3 Å². The third-order valence-electron chi connectivity index (χ3n) is 16.4. The van der Waals surface area contributed by atoms with Crippen LogP contribution in [0.4, 0.5) is 0 Å². The summed E-state index contributed by atoms with van der Waals surface area (Å²) in [6.45, 7) is 23.8. The summed E-state index contributed by atoms with van der Waals surface area (Å²) in [5.74, 6) is 2.46. The normalized spacial score (nSPS) is 44.3. The summed E-state index contributed by atoms with van der Waals surface area (Å²) in [5.41, 5.74) is 3.85. The number of hydrogen-bond donors (Lipinski definition) is 0. The fourth-order valence-electron chi connectivity index (χ4n) is 13.0. The van der Waals surface area contributed by atoms with E-state index < -0.39 is 17.4 Å². The molecule has 4 saturated carbocycles. The number of ether oxygens (including phenoxy) is 2. The number of hydrogen-bond acceptors (Lipinski definition) is 4. The van der Waals surface area contributed by atoms with Gasteiger partial charge in [0, 0.05) is 0 Å². The zero-order valence-corrected chi connectivity index (χ0v) is 32.2. The summed E-state index contributed by atoms with van der Waals surface area (Å²) in [5, 5.41) is 0. The van der Waals surface area contributed by atoms with Crippen molar-refractivity contribution < 1.29 is 19.1 Å². The van der Waals surface area contributed by atoms with Gasteiger partial charge < -0.3 is 9.47 Å². The molecule has 0 amide bonds. The second kappa shape index (κ2) is 12.3. The highest BCUT2D eigenvalue weighted by Gasteiger charge is 2.70. The van der Waals surface area contributed by atoms with E-state index in [9.17, 15) is 9.59 Å². The Morgan fingerprint density at radius 1 is 0.854 bits per heavy atom. The Hall–Kier alpha value is -2.10. The third-order valence-corrected chi connectivity index (χ3v) is 16.4. The van der Waals surface area contributed by atoms with E-state index in [4.69, 9.17) is 9.47 Å². The van der Waals surface area contributed by atoms with Gasteiger partial charge in [-0.05, 0) is 146 Å². The number of rotatable bonds is 6. The van der Waals surface area contributed by atoms with Crippen LogP contribution < -0.4 is 0 Å². The fourth-order valence-corrected chi connectivity index (χ4v) is 13.0. The van der Waals surface area contributed by atoms with Crippen LogP contribution in [0.1, 0.15) is 144 Å². The first kappa shape index (κ1) is 35.7. The highest BCUT2D eigenvalue weighted by atomic mass is 16.6. The van der Waals surface area contributed by atoms with Crippen LogP contribution in [0.2, 0.25) is 0 Å². The summed E-state index contributed by atoms with van der Waals surface area (Å²) in [4.78, 5) is 27.8. The summed E-state index contributed by atoms with van der Waals surface area (Å²) in [6, 6.07) is 8.40. The van der Waals surface area contributed by atoms with Crippen molar-refractivity contribution in [2.24, 2.45) is 62.6 Å². The molecule has 0 radical (unpaired) electrons. The monoisotopic (exact) mass is 658 g/mol. The Balaban J connectivity index is 1.29. The Kier molecular flexibility index (Phi) is 9.15. The lowest BCUT2D eigenvalue weighted by Gasteiger charge is -2.71. The molecular formula is C44H66O4. The van der Waals surface area contributed by atoms with E-state index in [0.717, 1.165) is 49.5 Å². The molecule has 266 valence electrons. The van der Waals surface area contributed by atoms with Crippen LogP contribution >= 0.6 is 0 Å². The van der Waals surface area contributed by atoms with E-state index in [1.165, 1.54) is 38.4 Å². The fraction of sp³-hybridized carbons (Fsp3) is 0.773. The van der Waals surface area contributed by atoms with Crippen molar-refractivity contribution in [1.29, 1.82) is 0 Å². The van der Waals surface area contributed by atoms with Gasteiger partial charge in [0.1, 0.15) is 11.5 Å². The Bertz CT molecular complexity index is 1430. The number of benzene rings is 1. The van der Waals surface area contributed by atoms with Gasteiger partial charge in [0.05, 0.1) is 13.0 Å². The predicted molar refractivity (Wildman–Crippen MR) is 194 cm³/mol. The van der Waals surface area contributed by atoms with E-state index in [1.54, 1.807) is 5.57 Å². The van der Waals surface area contributed by atoms with E-state index >= 15 is 0 Å². The number of allylic oxidation sites excluding steroid dienone is 2. The first-order valence-corrected chi connectivity index (χ1v) is 19.5. The predicted octanol–water partition coefficient (Wildman–Crippen LogP) is 10.7. The molecule has 4 nitrogen and oxygen atoms in total. The molecule has 1 aromatic rings. The maximum absolute atomic E-state index is 14.0. The first-order chi connectivity index (χ1) is 22.5. The SMILES string of the molecule is COC(=O)[C@]1(C)[C@@H]2CC[C@]3(C)[C@H](CC=C4[C@@H]5[C@@H](C)[C@H](C)CC[C@]5(C)CC[C@]43C)[C@@]2(C)CC[C@H]1OC(=O)C(C)c1ccc(CC(C)C)cc1. The molecule has 12 atom stereocenters. The smallest absolute Gasteiger partial charge is 0.315 e. The van der Waals surface area contributed by atoms with Gasteiger partial charge in [0.2, 0.25) is 0 Å². The van der Waals surface area contributed by atoms with Crippen molar-refractivity contribution in [2.75, 3.05) is 7.11 Å². The number of esters is 2. The highest BCUT2D eigenvalue weighted by molar-refractivity contribution is 5.81. The second-order valence-corrected chi connectivity index (χ2v) is 19.1. The van der Waals surface area contributed by atoms with Crippen LogP contribution in [0.5, 0.6) is 0 Å². The van der Waals surface area contributed by atoms with E-state index in [2.05, 4.69) is 92.7 Å². The van der Waals surface area contributed by atoms with Crippen molar-refractivity contribution in [2.45, 2.75) is 145 Å². The van der Waals surface area contributed by atoms with Gasteiger partial charge in [-0.3, -0.25) is 9.59 Å². The van der Waals surface area contributed by atoms with Crippen LogP contribution in [0, 0.1) is 62.6 Å². The first-order valence-electron chi connectivity index (χ1n) is 19.5. The molecule has 4 fully saturated rings. The lowest BCUT2D eigenvalue weighted by atomic mass is 9.33. The molecular weight excluding hydrogens is 592 g/mol. The molecule has 5 aliphatic rings. The molecule has 0 aliphatic heterocycles. The number of carbonyl (C=O) groups is 2.